The summed E-state index contributed by atoms with van der Waals surface area (Å²) in [6.07, 6.45) is 2.12. The van der Waals surface area contributed by atoms with Gasteiger partial charge in [-0.2, -0.15) is 4.98 Å². The molecule has 10 nitrogen and oxygen atoms in total. The maximum absolute atomic E-state index is 13.0. The minimum Gasteiger partial charge on any atom is -0.495 e. The Kier molecular flexibility index (Phi) is 7.75. The Morgan fingerprint density at radius 2 is 2.00 bits per heavy atom. The second-order valence-corrected chi connectivity index (χ2v) is 9.66. The van der Waals surface area contributed by atoms with E-state index in [1.54, 1.807) is 0 Å². The third kappa shape index (κ3) is 5.40. The van der Waals surface area contributed by atoms with Gasteiger partial charge in [-0.1, -0.05) is 18.5 Å². The summed E-state index contributed by atoms with van der Waals surface area (Å²) in [5.74, 6) is 0.591. The smallest absolute Gasteiger partial charge is 0.234 e. The van der Waals surface area contributed by atoms with E-state index < -0.39 is 9.84 Å². The number of ether oxygens (including phenoxy) is 1. The van der Waals surface area contributed by atoms with Crippen molar-refractivity contribution in [1.82, 2.24) is 20.2 Å². The summed E-state index contributed by atoms with van der Waals surface area (Å²) in [4.78, 5) is 24.1. The first-order valence-electron chi connectivity index (χ1n) is 10.2. The highest BCUT2D eigenvalue weighted by molar-refractivity contribution is 7.91. The quantitative estimate of drug-likeness (QED) is 0.569. The minimum atomic E-state index is -3.96. The molecule has 12 heteroatoms. The Morgan fingerprint density at radius 3 is 2.59 bits per heavy atom. The van der Waals surface area contributed by atoms with E-state index in [0.717, 1.165) is 6.42 Å². The van der Waals surface area contributed by atoms with Gasteiger partial charge in [0.15, 0.2) is 0 Å². The summed E-state index contributed by atoms with van der Waals surface area (Å²) in [6.45, 7) is 5.54. The molecular weight excluding hydrogens is 456 g/mol. The number of hydrogen-bond acceptors (Lipinski definition) is 9. The largest absolute Gasteiger partial charge is 0.495 e. The minimum absolute atomic E-state index is 0.00832. The highest BCUT2D eigenvalue weighted by atomic mass is 35.5. The van der Waals surface area contributed by atoms with Crippen LogP contribution in [0.1, 0.15) is 13.3 Å². The van der Waals surface area contributed by atoms with Gasteiger partial charge in [0.05, 0.1) is 29.8 Å². The molecule has 0 unspecified atom stereocenters. The number of amides is 1. The first-order chi connectivity index (χ1) is 15.3. The second-order valence-electron chi connectivity index (χ2n) is 7.33. The van der Waals surface area contributed by atoms with Crippen molar-refractivity contribution in [1.29, 1.82) is 0 Å². The van der Waals surface area contributed by atoms with Gasteiger partial charge < -0.3 is 20.7 Å². The number of nitrogens with two attached hydrogens (primary N) is 1. The molecule has 0 aliphatic carbocycles. The molecule has 1 amide bonds. The normalized spacial score (nSPS) is 14.9. The molecule has 0 saturated carbocycles. The lowest BCUT2D eigenvalue weighted by atomic mass is 10.3. The van der Waals surface area contributed by atoms with Gasteiger partial charge in [0.2, 0.25) is 21.7 Å². The second kappa shape index (κ2) is 10.3. The van der Waals surface area contributed by atoms with E-state index in [9.17, 15) is 13.2 Å². The van der Waals surface area contributed by atoms with Gasteiger partial charge in [-0.05, 0) is 24.6 Å². The van der Waals surface area contributed by atoms with Gasteiger partial charge >= 0.3 is 0 Å². The van der Waals surface area contributed by atoms with Crippen LogP contribution in [0.2, 0.25) is 5.02 Å². The lowest BCUT2D eigenvalue weighted by molar-refractivity contribution is -0.122. The zero-order valence-electron chi connectivity index (χ0n) is 18.0. The Hall–Kier alpha value is -2.63. The molecule has 1 fully saturated rings. The molecule has 1 aliphatic rings. The summed E-state index contributed by atoms with van der Waals surface area (Å²) < 4.78 is 31.1. The summed E-state index contributed by atoms with van der Waals surface area (Å²) in [5, 5.41) is 3.04. The molecule has 0 spiro atoms. The molecular formula is C20H27ClN6O4S. The van der Waals surface area contributed by atoms with Crippen molar-refractivity contribution in [3.05, 3.63) is 29.4 Å². The van der Waals surface area contributed by atoms with Crippen molar-refractivity contribution < 1.29 is 17.9 Å². The van der Waals surface area contributed by atoms with E-state index in [0.29, 0.717) is 51.0 Å². The van der Waals surface area contributed by atoms with Crippen molar-refractivity contribution in [2.24, 2.45) is 0 Å². The molecule has 1 aliphatic heterocycles. The summed E-state index contributed by atoms with van der Waals surface area (Å²) >= 11 is 6.07. The van der Waals surface area contributed by atoms with Crippen LogP contribution in [-0.4, -0.2) is 75.6 Å². The van der Waals surface area contributed by atoms with Crippen LogP contribution >= 0.6 is 11.6 Å². The van der Waals surface area contributed by atoms with Crippen molar-refractivity contribution in [2.75, 3.05) is 57.0 Å². The number of rotatable bonds is 8. The Morgan fingerprint density at radius 1 is 1.28 bits per heavy atom. The molecule has 1 aromatic carbocycles. The number of benzene rings is 1. The molecule has 3 rings (SSSR count). The molecule has 2 aromatic rings. The van der Waals surface area contributed by atoms with Gasteiger partial charge in [0.1, 0.15) is 16.5 Å². The van der Waals surface area contributed by atoms with Crippen LogP contribution in [0.5, 0.6) is 5.75 Å². The van der Waals surface area contributed by atoms with Gasteiger partial charge in [-0.3, -0.25) is 9.69 Å². The lowest BCUT2D eigenvalue weighted by Crippen LogP contribution is -2.50. The monoisotopic (exact) mass is 482 g/mol. The first kappa shape index (κ1) is 24.0. The van der Waals surface area contributed by atoms with E-state index in [4.69, 9.17) is 22.1 Å². The number of nitrogens with zero attached hydrogens (tertiary/aromatic N) is 4. The maximum atomic E-state index is 13.0. The molecule has 3 N–H and O–H groups in total. The van der Waals surface area contributed by atoms with Crippen molar-refractivity contribution >= 4 is 39.1 Å². The standard InChI is InChI=1S/C20H27ClN6O4S/c1-3-6-23-18(28)13-26-7-9-27(10-8-26)20-24-12-17(19(22)25-20)32(29,30)14-4-5-16(31-2)15(21)11-14/h4-5,11-12H,3,6-10,13H2,1-2H3,(H,23,28)(H2,22,24,25). The Labute approximate surface area is 192 Å². The zero-order valence-corrected chi connectivity index (χ0v) is 19.6. The van der Waals surface area contributed by atoms with Gasteiger partial charge in [0.25, 0.3) is 0 Å². The number of hydrogen-bond donors (Lipinski definition) is 2. The fourth-order valence-corrected chi connectivity index (χ4v) is 4.91. The molecule has 174 valence electrons. The molecule has 0 radical (unpaired) electrons. The number of carbonyl (C=O) groups is 1. The number of piperazine rings is 1. The molecule has 1 aromatic heterocycles. The van der Waals surface area contributed by atoms with Crippen LogP contribution in [0.4, 0.5) is 11.8 Å². The van der Waals surface area contributed by atoms with Gasteiger partial charge in [-0.25, -0.2) is 13.4 Å². The van der Waals surface area contributed by atoms with E-state index in [1.807, 2.05) is 11.8 Å². The van der Waals surface area contributed by atoms with Crippen molar-refractivity contribution in [3.63, 3.8) is 0 Å². The SMILES string of the molecule is CCCNC(=O)CN1CCN(c2ncc(S(=O)(=O)c3ccc(OC)c(Cl)c3)c(N)n2)CC1. The number of carbonyl (C=O) groups excluding carboxylic acids is 1. The number of aromatic nitrogens is 2. The van der Waals surface area contributed by atoms with E-state index in [2.05, 4.69) is 20.2 Å². The zero-order chi connectivity index (χ0) is 23.3. The number of sulfone groups is 1. The van der Waals surface area contributed by atoms with E-state index in [-0.39, 0.29) is 26.5 Å². The topological polar surface area (TPSA) is 131 Å². The Bertz CT molecular complexity index is 1070. The fourth-order valence-electron chi connectivity index (χ4n) is 3.30. The average molecular weight is 483 g/mol. The number of nitrogens with one attached hydrogen (secondary N) is 1. The van der Waals surface area contributed by atoms with Crippen LogP contribution in [0.25, 0.3) is 0 Å². The van der Waals surface area contributed by atoms with Crippen molar-refractivity contribution in [3.8, 4) is 5.75 Å². The highest BCUT2D eigenvalue weighted by Gasteiger charge is 2.26. The first-order valence-corrected chi connectivity index (χ1v) is 12.1. The lowest BCUT2D eigenvalue weighted by Gasteiger charge is -2.34. The van der Waals surface area contributed by atoms with E-state index >= 15 is 0 Å². The van der Waals surface area contributed by atoms with E-state index in [1.165, 1.54) is 31.5 Å². The van der Waals surface area contributed by atoms with Crippen LogP contribution in [-0.2, 0) is 14.6 Å². The molecule has 2 heterocycles. The summed E-state index contributed by atoms with van der Waals surface area (Å²) in [5.41, 5.74) is 6.01. The van der Waals surface area contributed by atoms with Gasteiger partial charge in [0, 0.05) is 32.7 Å². The highest BCUT2D eigenvalue weighted by Crippen LogP contribution is 2.31. The van der Waals surface area contributed by atoms with Crippen molar-refractivity contribution in [2.45, 2.75) is 23.1 Å². The Balaban J connectivity index is 1.69. The molecule has 1 saturated heterocycles. The molecule has 32 heavy (non-hydrogen) atoms. The number of methoxy groups -OCH3 is 1. The van der Waals surface area contributed by atoms with Gasteiger partial charge in [-0.15, -0.1) is 0 Å². The van der Waals surface area contributed by atoms with Crippen LogP contribution in [0, 0.1) is 0 Å². The number of nitrogen functional groups attached to an aromatic ring is 1. The van der Waals surface area contributed by atoms with Crippen LogP contribution in [0.15, 0.2) is 34.2 Å². The third-order valence-corrected chi connectivity index (χ3v) is 7.15. The number of anilines is 2. The summed E-state index contributed by atoms with van der Waals surface area (Å²) in [6, 6.07) is 4.17. The van der Waals surface area contributed by atoms with Crippen LogP contribution < -0.4 is 20.7 Å². The summed E-state index contributed by atoms with van der Waals surface area (Å²) in [7, 11) is -2.51. The molecule has 0 bridgehead atoms. The average Bonchev–Trinajstić information content (AvgIpc) is 2.77. The predicted octanol–water partition coefficient (Wildman–Crippen LogP) is 1.20. The predicted molar refractivity (Wildman–Crippen MR) is 122 cm³/mol. The molecule has 0 atom stereocenters. The van der Waals surface area contributed by atoms with Crippen LogP contribution in [0.3, 0.4) is 0 Å². The number of halogens is 1. The maximum Gasteiger partial charge on any atom is 0.234 e. The fraction of sp³-hybridized carbons (Fsp3) is 0.450. The third-order valence-electron chi connectivity index (χ3n) is 5.09.